The predicted octanol–water partition coefficient (Wildman–Crippen LogP) is 6.03. The number of hydrogen-bond acceptors (Lipinski definition) is 6. The highest BCUT2D eigenvalue weighted by molar-refractivity contribution is 9.10. The predicted molar refractivity (Wildman–Crippen MR) is 120 cm³/mol. The van der Waals surface area contributed by atoms with Crippen LogP contribution in [-0.2, 0) is 10.9 Å². The maximum Gasteiger partial charge on any atom is 0.419 e. The van der Waals surface area contributed by atoms with Crippen LogP contribution in [0.5, 0.6) is 0 Å². The van der Waals surface area contributed by atoms with E-state index in [1.54, 1.807) is 24.3 Å². The van der Waals surface area contributed by atoms with Gasteiger partial charge in [0.15, 0.2) is 0 Å². The fourth-order valence-electron chi connectivity index (χ4n) is 3.14. The van der Waals surface area contributed by atoms with E-state index in [9.17, 15) is 18.0 Å². The van der Waals surface area contributed by atoms with E-state index in [1.165, 1.54) is 19.5 Å². The fourth-order valence-corrected chi connectivity index (χ4v) is 3.70. The van der Waals surface area contributed by atoms with Crippen molar-refractivity contribution in [3.63, 3.8) is 0 Å². The van der Waals surface area contributed by atoms with Crippen molar-refractivity contribution >= 4 is 50.2 Å². The molecule has 3 aromatic heterocycles. The van der Waals surface area contributed by atoms with Gasteiger partial charge in [0, 0.05) is 29.0 Å². The first-order valence-corrected chi connectivity index (χ1v) is 10.3. The van der Waals surface area contributed by atoms with Crippen molar-refractivity contribution in [1.29, 1.82) is 0 Å². The summed E-state index contributed by atoms with van der Waals surface area (Å²) < 4.78 is 46.4. The molecule has 0 bridgehead atoms. The first-order valence-electron chi connectivity index (χ1n) is 9.46. The molecule has 1 amide bonds. The van der Waals surface area contributed by atoms with Gasteiger partial charge in [-0.1, -0.05) is 6.07 Å². The Balaban J connectivity index is 1.81. The van der Waals surface area contributed by atoms with E-state index >= 15 is 0 Å². The van der Waals surface area contributed by atoms with Gasteiger partial charge in [0.25, 0.3) is 0 Å². The Morgan fingerprint density at radius 1 is 1.15 bits per heavy atom. The number of pyridine rings is 1. The SMILES string of the molecule is COC(=O)Nc1ccc2c(-c3nc(Nc4ccc(C)nc4)ncc3C(F)(F)F)c[nH]c2c1Br. The number of fused-ring (bicyclic) bond motifs is 1. The molecule has 12 heteroatoms. The van der Waals surface area contributed by atoms with Crippen molar-refractivity contribution in [3.8, 4) is 11.3 Å². The van der Waals surface area contributed by atoms with Gasteiger partial charge in [-0.15, -0.1) is 0 Å². The van der Waals surface area contributed by atoms with Gasteiger partial charge in [-0.05, 0) is 41.1 Å². The Hall–Kier alpha value is -3.67. The highest BCUT2D eigenvalue weighted by Gasteiger charge is 2.36. The van der Waals surface area contributed by atoms with E-state index in [0.29, 0.717) is 26.8 Å². The minimum atomic E-state index is -4.67. The van der Waals surface area contributed by atoms with Crippen LogP contribution in [0.1, 0.15) is 11.3 Å². The van der Waals surface area contributed by atoms with E-state index in [2.05, 4.69) is 51.2 Å². The van der Waals surface area contributed by atoms with E-state index < -0.39 is 17.8 Å². The molecule has 0 saturated carbocycles. The lowest BCUT2D eigenvalue weighted by Crippen LogP contribution is -2.11. The average Bonchev–Trinajstić information content (AvgIpc) is 3.21. The Bertz CT molecular complexity index is 1340. The summed E-state index contributed by atoms with van der Waals surface area (Å²) in [5, 5.41) is 5.87. The van der Waals surface area contributed by atoms with Crippen molar-refractivity contribution in [1.82, 2.24) is 19.9 Å². The zero-order valence-electron chi connectivity index (χ0n) is 17.2. The van der Waals surface area contributed by atoms with Gasteiger partial charge in [0.2, 0.25) is 5.95 Å². The van der Waals surface area contributed by atoms with Crippen LogP contribution in [-0.4, -0.2) is 33.1 Å². The third-order valence-corrected chi connectivity index (χ3v) is 5.56. The maximum atomic E-state index is 13.8. The molecule has 4 rings (SSSR count). The molecule has 33 heavy (non-hydrogen) atoms. The van der Waals surface area contributed by atoms with Crippen LogP contribution in [0, 0.1) is 6.92 Å². The van der Waals surface area contributed by atoms with Gasteiger partial charge in [0.1, 0.15) is 5.56 Å². The van der Waals surface area contributed by atoms with Crippen molar-refractivity contribution in [2.45, 2.75) is 13.1 Å². The van der Waals surface area contributed by atoms with Crippen molar-refractivity contribution < 1.29 is 22.7 Å². The zero-order chi connectivity index (χ0) is 23.8. The molecule has 1 aromatic carbocycles. The lowest BCUT2D eigenvalue weighted by Gasteiger charge is -2.13. The third-order valence-electron chi connectivity index (χ3n) is 4.73. The maximum absolute atomic E-state index is 13.8. The number of nitrogens with one attached hydrogen (secondary N) is 3. The van der Waals surface area contributed by atoms with E-state index in [4.69, 9.17) is 0 Å². The number of benzene rings is 1. The zero-order valence-corrected chi connectivity index (χ0v) is 18.8. The van der Waals surface area contributed by atoms with Crippen LogP contribution in [0.3, 0.4) is 0 Å². The lowest BCUT2D eigenvalue weighted by atomic mass is 10.1. The minimum Gasteiger partial charge on any atom is -0.453 e. The highest BCUT2D eigenvalue weighted by atomic mass is 79.9. The molecule has 0 saturated heterocycles. The number of carbonyl (C=O) groups excluding carboxylic acids is 1. The molecule has 0 atom stereocenters. The van der Waals surface area contributed by atoms with Gasteiger partial charge in [-0.2, -0.15) is 13.2 Å². The van der Waals surface area contributed by atoms with E-state index in [1.807, 2.05) is 6.92 Å². The van der Waals surface area contributed by atoms with Gasteiger partial charge < -0.3 is 15.0 Å². The molecule has 0 aliphatic rings. The summed E-state index contributed by atoms with van der Waals surface area (Å²) in [5.74, 6) is -0.0129. The summed E-state index contributed by atoms with van der Waals surface area (Å²) in [7, 11) is 1.22. The molecule has 0 aliphatic heterocycles. The number of methoxy groups -OCH3 is 1. The van der Waals surface area contributed by atoms with Crippen LogP contribution in [0.4, 0.5) is 35.3 Å². The molecule has 3 N–H and O–H groups in total. The second kappa shape index (κ2) is 8.70. The van der Waals surface area contributed by atoms with Gasteiger partial charge in [0.05, 0.1) is 40.4 Å². The van der Waals surface area contributed by atoms with Gasteiger partial charge in [-0.25, -0.2) is 14.8 Å². The Kier molecular flexibility index (Phi) is 5.93. The number of aryl methyl sites for hydroxylation is 1. The topological polar surface area (TPSA) is 105 Å². The Labute approximate surface area is 193 Å². The van der Waals surface area contributed by atoms with Crippen LogP contribution < -0.4 is 10.6 Å². The van der Waals surface area contributed by atoms with Crippen molar-refractivity contribution in [2.24, 2.45) is 0 Å². The van der Waals surface area contributed by atoms with Crippen molar-refractivity contribution in [3.05, 3.63) is 58.6 Å². The number of carbonyl (C=O) groups is 1. The first kappa shape index (κ1) is 22.5. The minimum absolute atomic E-state index is 0.0129. The number of amides is 1. The smallest absolute Gasteiger partial charge is 0.419 e. The van der Waals surface area contributed by atoms with E-state index in [0.717, 1.165) is 11.9 Å². The summed E-state index contributed by atoms with van der Waals surface area (Å²) in [6, 6.07) is 6.61. The molecule has 3 heterocycles. The molecular formula is C21H16BrF3N6O2. The molecule has 0 fully saturated rings. The third kappa shape index (κ3) is 4.60. The molecule has 8 nitrogen and oxygen atoms in total. The second-order valence-electron chi connectivity index (χ2n) is 6.94. The summed E-state index contributed by atoms with van der Waals surface area (Å²) in [4.78, 5) is 26.6. The van der Waals surface area contributed by atoms with E-state index in [-0.39, 0.29) is 17.2 Å². The lowest BCUT2D eigenvalue weighted by molar-refractivity contribution is -0.137. The normalized spacial score (nSPS) is 11.5. The number of hydrogen-bond donors (Lipinski definition) is 3. The van der Waals surface area contributed by atoms with Gasteiger partial charge in [-0.3, -0.25) is 10.3 Å². The number of alkyl halides is 3. The number of aromatic nitrogens is 4. The monoisotopic (exact) mass is 520 g/mol. The summed E-state index contributed by atoms with van der Waals surface area (Å²) in [6.45, 7) is 1.82. The number of aromatic amines is 1. The van der Waals surface area contributed by atoms with Crippen LogP contribution >= 0.6 is 15.9 Å². The summed E-state index contributed by atoms with van der Waals surface area (Å²) >= 11 is 3.37. The Morgan fingerprint density at radius 2 is 1.94 bits per heavy atom. The largest absolute Gasteiger partial charge is 0.453 e. The molecule has 0 radical (unpaired) electrons. The molecule has 0 spiro atoms. The molecule has 0 unspecified atom stereocenters. The number of H-pyrrole nitrogens is 1. The van der Waals surface area contributed by atoms with Gasteiger partial charge >= 0.3 is 12.3 Å². The fraction of sp³-hybridized carbons (Fsp3) is 0.143. The summed E-state index contributed by atoms with van der Waals surface area (Å²) in [6.07, 6.45) is -1.65. The Morgan fingerprint density at radius 3 is 2.61 bits per heavy atom. The average molecular weight is 521 g/mol. The number of halogens is 4. The summed E-state index contributed by atoms with van der Waals surface area (Å²) in [5.41, 5.74) is 1.12. The molecule has 4 aromatic rings. The molecule has 0 aliphatic carbocycles. The van der Waals surface area contributed by atoms with Crippen LogP contribution in [0.25, 0.3) is 22.2 Å². The standard InChI is InChI=1S/C21H16BrF3N6O2/c1-10-3-4-11(7-26-10)29-19-28-9-14(21(23,24)25)17(31-19)13-8-27-18-12(13)5-6-15(16(18)22)30-20(32)33-2/h3-9,27H,1-2H3,(H,30,32)(H,28,29,31). The second-order valence-corrected chi connectivity index (χ2v) is 7.73. The number of rotatable bonds is 4. The number of ether oxygens (including phenoxy) is 1. The van der Waals surface area contributed by atoms with Crippen LogP contribution in [0.15, 0.2) is 47.3 Å². The first-order chi connectivity index (χ1) is 15.7. The van der Waals surface area contributed by atoms with Crippen molar-refractivity contribution in [2.75, 3.05) is 17.7 Å². The molecule has 170 valence electrons. The van der Waals surface area contributed by atoms with Crippen LogP contribution in [0.2, 0.25) is 0 Å². The number of nitrogens with zero attached hydrogens (tertiary/aromatic N) is 3. The quantitative estimate of drug-likeness (QED) is 0.303. The highest BCUT2D eigenvalue weighted by Crippen LogP contribution is 2.41. The number of anilines is 3. The molecular weight excluding hydrogens is 505 g/mol.